The Kier molecular flexibility index (Phi) is 6.82. The van der Waals surface area contributed by atoms with Crippen molar-refractivity contribution in [1.29, 1.82) is 0 Å². The number of rotatable bonds is 5. The first kappa shape index (κ1) is 21.5. The summed E-state index contributed by atoms with van der Waals surface area (Å²) in [4.78, 5) is 40.0. The van der Waals surface area contributed by atoms with Gasteiger partial charge in [-0.1, -0.05) is 12.1 Å². The highest BCUT2D eigenvalue weighted by atomic mass is 19.1. The Morgan fingerprint density at radius 3 is 2.40 bits per heavy atom. The molecule has 1 unspecified atom stereocenters. The average Bonchev–Trinajstić information content (AvgIpc) is 2.75. The molecule has 1 aliphatic heterocycles. The van der Waals surface area contributed by atoms with Crippen LogP contribution in [-0.4, -0.2) is 42.8 Å². The number of piperidine rings is 1. The molecule has 0 radical (unpaired) electrons. The maximum Gasteiger partial charge on any atom is 0.229 e. The third kappa shape index (κ3) is 5.43. The van der Waals surface area contributed by atoms with Gasteiger partial charge in [-0.2, -0.15) is 0 Å². The molecular weight excluding hydrogens is 385 g/mol. The van der Waals surface area contributed by atoms with Gasteiger partial charge in [-0.15, -0.1) is 0 Å². The largest absolute Gasteiger partial charge is 0.342 e. The molecule has 1 fully saturated rings. The van der Waals surface area contributed by atoms with Crippen molar-refractivity contribution in [1.82, 2.24) is 4.90 Å². The number of carbonyl (C=O) groups is 3. The van der Waals surface area contributed by atoms with Crippen LogP contribution in [0.25, 0.3) is 0 Å². The van der Waals surface area contributed by atoms with Gasteiger partial charge in [0.25, 0.3) is 0 Å². The number of halogens is 1. The van der Waals surface area contributed by atoms with Crippen LogP contribution in [0.3, 0.4) is 0 Å². The molecule has 158 valence electrons. The van der Waals surface area contributed by atoms with E-state index in [2.05, 4.69) is 5.32 Å². The minimum absolute atomic E-state index is 0.0595. The fraction of sp³-hybridized carbons (Fsp3) is 0.348. The monoisotopic (exact) mass is 411 g/mol. The van der Waals surface area contributed by atoms with Crippen molar-refractivity contribution in [3.63, 3.8) is 0 Å². The van der Waals surface area contributed by atoms with Gasteiger partial charge in [0.1, 0.15) is 5.82 Å². The van der Waals surface area contributed by atoms with Crippen molar-refractivity contribution in [3.05, 3.63) is 59.9 Å². The lowest BCUT2D eigenvalue weighted by Gasteiger charge is -2.32. The van der Waals surface area contributed by atoms with E-state index in [1.165, 1.54) is 24.0 Å². The van der Waals surface area contributed by atoms with E-state index < -0.39 is 0 Å². The smallest absolute Gasteiger partial charge is 0.229 e. The van der Waals surface area contributed by atoms with Gasteiger partial charge in [-0.25, -0.2) is 4.39 Å². The van der Waals surface area contributed by atoms with Crippen LogP contribution in [0.4, 0.5) is 15.8 Å². The molecule has 0 aliphatic carbocycles. The summed E-state index contributed by atoms with van der Waals surface area (Å²) in [6.45, 7) is 2.48. The number of nitrogens with one attached hydrogen (secondary N) is 1. The van der Waals surface area contributed by atoms with Crippen molar-refractivity contribution in [3.8, 4) is 0 Å². The fourth-order valence-electron chi connectivity index (χ4n) is 3.50. The first-order valence-electron chi connectivity index (χ1n) is 10.0. The van der Waals surface area contributed by atoms with Crippen LogP contribution in [0.15, 0.2) is 48.5 Å². The van der Waals surface area contributed by atoms with Crippen LogP contribution in [0.5, 0.6) is 0 Å². The van der Waals surface area contributed by atoms with Crippen LogP contribution in [-0.2, 0) is 20.8 Å². The zero-order valence-electron chi connectivity index (χ0n) is 17.2. The predicted molar refractivity (Wildman–Crippen MR) is 114 cm³/mol. The van der Waals surface area contributed by atoms with E-state index in [9.17, 15) is 18.8 Å². The first-order chi connectivity index (χ1) is 14.3. The molecule has 1 atom stereocenters. The summed E-state index contributed by atoms with van der Waals surface area (Å²) in [5.41, 5.74) is 2.15. The van der Waals surface area contributed by atoms with E-state index in [0.29, 0.717) is 18.8 Å². The highest BCUT2D eigenvalue weighted by Crippen LogP contribution is 2.21. The maximum absolute atomic E-state index is 13.0. The zero-order valence-corrected chi connectivity index (χ0v) is 17.2. The normalized spacial score (nSPS) is 16.1. The summed E-state index contributed by atoms with van der Waals surface area (Å²) in [6, 6.07) is 13.0. The molecule has 30 heavy (non-hydrogen) atoms. The lowest BCUT2D eigenvalue weighted by molar-refractivity contribution is -0.134. The Balaban J connectivity index is 1.56. The number of benzene rings is 2. The summed E-state index contributed by atoms with van der Waals surface area (Å²) in [5, 5.41) is 2.90. The first-order valence-corrected chi connectivity index (χ1v) is 10.0. The summed E-state index contributed by atoms with van der Waals surface area (Å²) >= 11 is 0. The van der Waals surface area contributed by atoms with Gasteiger partial charge < -0.3 is 15.1 Å². The maximum atomic E-state index is 13.0. The van der Waals surface area contributed by atoms with Crippen molar-refractivity contribution < 1.29 is 18.8 Å². The van der Waals surface area contributed by atoms with Crippen molar-refractivity contribution in [2.75, 3.05) is 30.4 Å². The molecule has 0 aromatic heterocycles. The molecule has 1 heterocycles. The summed E-state index contributed by atoms with van der Waals surface area (Å²) < 4.78 is 13.0. The third-order valence-corrected chi connectivity index (χ3v) is 5.41. The Bertz CT molecular complexity index is 912. The molecule has 3 rings (SSSR count). The van der Waals surface area contributed by atoms with Crippen molar-refractivity contribution in [2.45, 2.75) is 26.2 Å². The number of nitrogens with zero attached hydrogens (tertiary/aromatic N) is 2. The van der Waals surface area contributed by atoms with Gasteiger partial charge in [0.05, 0.1) is 12.3 Å². The molecule has 0 bridgehead atoms. The number of carbonyl (C=O) groups excluding carboxylic acids is 3. The topological polar surface area (TPSA) is 69.7 Å². The van der Waals surface area contributed by atoms with Gasteiger partial charge in [0.15, 0.2) is 0 Å². The van der Waals surface area contributed by atoms with Crippen LogP contribution in [0.2, 0.25) is 0 Å². The van der Waals surface area contributed by atoms with Crippen molar-refractivity contribution in [2.24, 2.45) is 5.92 Å². The van der Waals surface area contributed by atoms with Gasteiger partial charge >= 0.3 is 0 Å². The van der Waals surface area contributed by atoms with Crippen molar-refractivity contribution >= 4 is 29.1 Å². The minimum atomic E-state index is -0.332. The van der Waals surface area contributed by atoms with Crippen LogP contribution < -0.4 is 10.2 Å². The highest BCUT2D eigenvalue weighted by molar-refractivity contribution is 5.94. The van der Waals surface area contributed by atoms with E-state index in [1.807, 2.05) is 0 Å². The average molecular weight is 411 g/mol. The third-order valence-electron chi connectivity index (χ3n) is 5.41. The standard InChI is InChI=1S/C23H26FN3O3/c1-16(28)26(2)21-11-9-20(10-12-21)25-23(30)18-4-3-13-27(15-18)22(29)14-17-5-7-19(24)8-6-17/h5-12,18H,3-4,13-15H2,1-2H3,(H,25,30). The van der Waals surface area contributed by atoms with E-state index >= 15 is 0 Å². The molecule has 1 N–H and O–H groups in total. The number of likely N-dealkylation sites (tertiary alicyclic amines) is 1. The van der Waals surface area contributed by atoms with Gasteiger partial charge in [-0.05, 0) is 54.8 Å². The van der Waals surface area contributed by atoms with E-state index in [0.717, 1.165) is 24.1 Å². The second-order valence-electron chi connectivity index (χ2n) is 7.60. The zero-order chi connectivity index (χ0) is 21.7. The molecule has 0 saturated carbocycles. The van der Waals surface area contributed by atoms with E-state index in [1.54, 1.807) is 48.3 Å². The molecule has 7 heteroatoms. The number of hydrogen-bond acceptors (Lipinski definition) is 3. The lowest BCUT2D eigenvalue weighted by atomic mass is 9.96. The summed E-state index contributed by atoms with van der Waals surface area (Å²) in [6.07, 6.45) is 1.67. The molecule has 6 nitrogen and oxygen atoms in total. The number of anilines is 2. The van der Waals surface area contributed by atoms with Crippen LogP contribution >= 0.6 is 0 Å². The Morgan fingerprint density at radius 2 is 1.77 bits per heavy atom. The fourth-order valence-corrected chi connectivity index (χ4v) is 3.50. The second kappa shape index (κ2) is 9.52. The molecular formula is C23H26FN3O3. The molecule has 1 aliphatic rings. The highest BCUT2D eigenvalue weighted by Gasteiger charge is 2.28. The number of hydrogen-bond donors (Lipinski definition) is 1. The quantitative estimate of drug-likeness (QED) is 0.821. The Hall–Kier alpha value is -3.22. The Morgan fingerprint density at radius 1 is 1.10 bits per heavy atom. The summed E-state index contributed by atoms with van der Waals surface area (Å²) in [5.74, 6) is -0.866. The summed E-state index contributed by atoms with van der Waals surface area (Å²) in [7, 11) is 1.69. The van der Waals surface area contributed by atoms with Gasteiger partial charge in [0.2, 0.25) is 17.7 Å². The lowest BCUT2D eigenvalue weighted by Crippen LogP contribution is -2.44. The van der Waals surface area contributed by atoms with E-state index in [4.69, 9.17) is 0 Å². The van der Waals surface area contributed by atoms with Crippen LogP contribution in [0.1, 0.15) is 25.3 Å². The Labute approximate surface area is 175 Å². The molecule has 0 spiro atoms. The molecule has 3 amide bonds. The number of amides is 3. The second-order valence-corrected chi connectivity index (χ2v) is 7.60. The SMILES string of the molecule is CC(=O)N(C)c1ccc(NC(=O)C2CCCN(C(=O)Cc3ccc(F)cc3)C2)cc1. The molecule has 2 aromatic rings. The minimum Gasteiger partial charge on any atom is -0.342 e. The predicted octanol–water partition coefficient (Wildman–Crippen LogP) is 3.23. The molecule has 2 aromatic carbocycles. The van der Waals surface area contributed by atoms with Gasteiger partial charge in [0, 0.05) is 38.4 Å². The van der Waals surface area contributed by atoms with E-state index in [-0.39, 0.29) is 35.9 Å². The van der Waals surface area contributed by atoms with Gasteiger partial charge in [-0.3, -0.25) is 14.4 Å². The van der Waals surface area contributed by atoms with Crippen LogP contribution in [0, 0.1) is 11.7 Å². The molecule has 1 saturated heterocycles.